The third kappa shape index (κ3) is 4.09. The molecule has 4 aliphatic carbocycles. The molecular weight excluding hydrogens is 488 g/mol. The van der Waals surface area contributed by atoms with Crippen LogP contribution in [0.15, 0.2) is 12.2 Å². The van der Waals surface area contributed by atoms with Crippen LogP contribution in [0.1, 0.15) is 46.0 Å². The molecule has 9 atom stereocenters. The van der Waals surface area contributed by atoms with Gasteiger partial charge in [-0.25, -0.2) is 0 Å². The van der Waals surface area contributed by atoms with Crippen LogP contribution in [-0.2, 0) is 27.9 Å². The van der Waals surface area contributed by atoms with E-state index in [4.69, 9.17) is 18.3 Å². The maximum Gasteiger partial charge on any atom is 0.314 e. The molecule has 0 saturated heterocycles. The summed E-state index contributed by atoms with van der Waals surface area (Å²) in [6.45, 7) is 22.1. The zero-order valence-electron chi connectivity index (χ0n) is 24.2. The molecule has 0 radical (unpaired) electrons. The molecule has 6 nitrogen and oxygen atoms in total. The molecule has 4 aliphatic rings. The Morgan fingerprint density at radius 3 is 2.11 bits per heavy atom. The number of carbonyl (C=O) groups is 2. The van der Waals surface area contributed by atoms with E-state index < -0.39 is 28.0 Å². The second-order valence-electron chi connectivity index (χ2n) is 14.5. The van der Waals surface area contributed by atoms with E-state index in [9.17, 15) is 9.59 Å². The molecule has 4 saturated carbocycles. The lowest BCUT2D eigenvalue weighted by molar-refractivity contribution is -0.183. The normalized spacial score (nSPS) is 44.1. The zero-order valence-corrected chi connectivity index (χ0v) is 26.2. The van der Waals surface area contributed by atoms with Crippen LogP contribution in [0.4, 0.5) is 0 Å². The number of esters is 2. The molecule has 8 heteroatoms. The zero-order chi connectivity index (χ0) is 27.1. The van der Waals surface area contributed by atoms with Crippen molar-refractivity contribution in [2.24, 2.45) is 39.9 Å². The van der Waals surface area contributed by atoms with Crippen LogP contribution in [0.2, 0.25) is 39.3 Å². The Morgan fingerprint density at radius 1 is 0.972 bits per heavy atom. The summed E-state index contributed by atoms with van der Waals surface area (Å²) >= 11 is 0. The average molecular weight is 537 g/mol. The molecular formula is C28H48O6Si2. The van der Waals surface area contributed by atoms with Crippen LogP contribution in [0.25, 0.3) is 0 Å². The van der Waals surface area contributed by atoms with Gasteiger partial charge in [0.25, 0.3) is 0 Å². The van der Waals surface area contributed by atoms with Gasteiger partial charge in [0.05, 0.1) is 37.8 Å². The first-order valence-corrected chi connectivity index (χ1v) is 20.5. The van der Waals surface area contributed by atoms with Gasteiger partial charge >= 0.3 is 11.9 Å². The summed E-state index contributed by atoms with van der Waals surface area (Å²) in [5.74, 6) is -0.606. The standard InChI is InChI=1S/C28H48O6Si2/c1-17-15-28-16-18(17)19(33-35(6,7)8)14-20(28)26(2)13-12-21(34-36(9,10)11)27(3,25(30)32-5)23(26)22(28)24(29)31-4/h18-23H,1,12-16H2,2-11H3/t18-,19+,20?,21+,22-,23?,26+,27?,28+/m1/s1. The van der Waals surface area contributed by atoms with Gasteiger partial charge in [-0.3, -0.25) is 9.59 Å². The fourth-order valence-corrected chi connectivity index (χ4v) is 11.6. The Labute approximate surface area is 220 Å². The van der Waals surface area contributed by atoms with E-state index in [1.165, 1.54) is 19.8 Å². The molecule has 0 aliphatic heterocycles. The smallest absolute Gasteiger partial charge is 0.314 e. The van der Waals surface area contributed by atoms with Gasteiger partial charge in [-0.2, -0.15) is 0 Å². The minimum absolute atomic E-state index is 0.124. The Hall–Kier alpha value is -0.966. The molecule has 0 aromatic carbocycles. The highest BCUT2D eigenvalue weighted by atomic mass is 28.4. The van der Waals surface area contributed by atoms with Crippen molar-refractivity contribution < 1.29 is 27.9 Å². The predicted octanol–water partition coefficient (Wildman–Crippen LogP) is 5.80. The van der Waals surface area contributed by atoms with Crippen molar-refractivity contribution in [1.82, 2.24) is 0 Å². The molecule has 4 fully saturated rings. The van der Waals surface area contributed by atoms with Crippen LogP contribution < -0.4 is 0 Å². The van der Waals surface area contributed by atoms with E-state index in [2.05, 4.69) is 52.8 Å². The van der Waals surface area contributed by atoms with Gasteiger partial charge in [0.1, 0.15) is 0 Å². The maximum absolute atomic E-state index is 13.8. The van der Waals surface area contributed by atoms with E-state index in [-0.39, 0.29) is 52.7 Å². The van der Waals surface area contributed by atoms with E-state index in [0.717, 1.165) is 32.1 Å². The first-order chi connectivity index (χ1) is 16.4. The fraction of sp³-hybridized carbons (Fsp3) is 0.857. The highest BCUT2D eigenvalue weighted by Crippen LogP contribution is 2.78. The van der Waals surface area contributed by atoms with Gasteiger partial charge in [-0.15, -0.1) is 0 Å². The molecule has 0 aromatic rings. The number of rotatable bonds is 6. The van der Waals surface area contributed by atoms with Gasteiger partial charge in [0.2, 0.25) is 0 Å². The quantitative estimate of drug-likeness (QED) is 0.243. The van der Waals surface area contributed by atoms with Crippen LogP contribution in [-0.4, -0.2) is 55.0 Å². The minimum atomic E-state index is -1.98. The lowest BCUT2D eigenvalue weighted by atomic mass is 9.52. The molecule has 36 heavy (non-hydrogen) atoms. The lowest BCUT2D eigenvalue weighted by Crippen LogP contribution is -2.60. The fourth-order valence-electron chi connectivity index (χ4n) is 9.25. The van der Waals surface area contributed by atoms with Crippen molar-refractivity contribution in [3.8, 4) is 0 Å². The summed E-state index contributed by atoms with van der Waals surface area (Å²) in [7, 11) is -0.815. The number of carbonyl (C=O) groups excluding carboxylic acids is 2. The van der Waals surface area contributed by atoms with Gasteiger partial charge in [0, 0.05) is 5.92 Å². The Kier molecular flexibility index (Phi) is 6.84. The molecule has 1 spiro atoms. The SMILES string of the molecule is C=C1C[C@]23C[C@H]1[C@@H](O[Si](C)(C)C)CC2[C@]1(C)CC[C@H](O[Si](C)(C)C)C(C)(C(=O)OC)C1[C@@H]3C(=O)OC. The van der Waals surface area contributed by atoms with Gasteiger partial charge in [-0.05, 0) is 101 Å². The van der Waals surface area contributed by atoms with Crippen molar-refractivity contribution >= 4 is 28.6 Å². The Balaban J connectivity index is 1.90. The minimum Gasteiger partial charge on any atom is -0.469 e. The van der Waals surface area contributed by atoms with Crippen molar-refractivity contribution in [3.05, 3.63) is 12.2 Å². The molecule has 204 valence electrons. The number of hydrogen-bond acceptors (Lipinski definition) is 6. The number of methoxy groups -OCH3 is 2. The van der Waals surface area contributed by atoms with Gasteiger partial charge < -0.3 is 18.3 Å². The van der Waals surface area contributed by atoms with E-state index in [0.29, 0.717) is 0 Å². The molecule has 3 unspecified atom stereocenters. The topological polar surface area (TPSA) is 71.1 Å². The molecule has 0 aromatic heterocycles. The molecule has 0 N–H and O–H groups in total. The van der Waals surface area contributed by atoms with Gasteiger partial charge in [-0.1, -0.05) is 19.1 Å². The van der Waals surface area contributed by atoms with E-state index in [1.807, 2.05) is 6.92 Å². The third-order valence-electron chi connectivity index (χ3n) is 10.1. The highest BCUT2D eigenvalue weighted by Gasteiger charge is 2.78. The number of hydrogen-bond donors (Lipinski definition) is 0. The molecule has 0 amide bonds. The highest BCUT2D eigenvalue weighted by molar-refractivity contribution is 6.70. The summed E-state index contributed by atoms with van der Waals surface area (Å²) < 4.78 is 24.5. The summed E-state index contributed by atoms with van der Waals surface area (Å²) in [6, 6.07) is 0. The Bertz CT molecular complexity index is 937. The van der Waals surface area contributed by atoms with Crippen LogP contribution >= 0.6 is 0 Å². The molecule has 0 heterocycles. The van der Waals surface area contributed by atoms with Crippen LogP contribution in [0.3, 0.4) is 0 Å². The molecule has 4 rings (SSSR count). The number of fused-ring (bicyclic) bond motifs is 3. The van der Waals surface area contributed by atoms with Crippen molar-refractivity contribution in [3.63, 3.8) is 0 Å². The van der Waals surface area contributed by atoms with Gasteiger partial charge in [0.15, 0.2) is 16.6 Å². The summed E-state index contributed by atoms with van der Waals surface area (Å²) in [6.07, 6.45) is 4.13. The van der Waals surface area contributed by atoms with Crippen molar-refractivity contribution in [1.29, 1.82) is 0 Å². The summed E-state index contributed by atoms with van der Waals surface area (Å²) in [4.78, 5) is 27.6. The molecule has 2 bridgehead atoms. The second kappa shape index (κ2) is 8.78. The predicted molar refractivity (Wildman–Crippen MR) is 145 cm³/mol. The number of ether oxygens (including phenoxy) is 2. The third-order valence-corrected chi connectivity index (χ3v) is 12.1. The van der Waals surface area contributed by atoms with Crippen LogP contribution in [0.5, 0.6) is 0 Å². The van der Waals surface area contributed by atoms with Crippen molar-refractivity contribution in [2.45, 2.75) is 97.4 Å². The lowest BCUT2D eigenvalue weighted by Gasteiger charge is -2.55. The van der Waals surface area contributed by atoms with E-state index >= 15 is 0 Å². The first kappa shape index (κ1) is 28.1. The Morgan fingerprint density at radius 2 is 1.58 bits per heavy atom. The average Bonchev–Trinajstić information content (AvgIpc) is 3.17. The van der Waals surface area contributed by atoms with Crippen LogP contribution in [0, 0.1) is 39.9 Å². The first-order valence-electron chi connectivity index (χ1n) is 13.6. The van der Waals surface area contributed by atoms with E-state index in [1.54, 1.807) is 0 Å². The monoisotopic (exact) mass is 536 g/mol. The summed E-state index contributed by atoms with van der Waals surface area (Å²) in [5.41, 5.74) is -0.248. The maximum atomic E-state index is 13.8. The second-order valence-corrected chi connectivity index (χ2v) is 23.4. The van der Waals surface area contributed by atoms with Crippen molar-refractivity contribution in [2.75, 3.05) is 14.2 Å². The largest absolute Gasteiger partial charge is 0.469 e. The summed E-state index contributed by atoms with van der Waals surface area (Å²) in [5, 5.41) is 0.